The number of imidazole rings is 1. The summed E-state index contributed by atoms with van der Waals surface area (Å²) < 4.78 is 35.1. The molecule has 0 unspecified atom stereocenters. The maximum absolute atomic E-state index is 13.2. The van der Waals surface area contributed by atoms with Gasteiger partial charge in [0, 0.05) is 38.9 Å². The lowest BCUT2D eigenvalue weighted by atomic mass is 10.3. The van der Waals surface area contributed by atoms with Gasteiger partial charge in [0.05, 0.1) is 6.54 Å². The molecule has 1 aromatic carbocycles. The predicted molar refractivity (Wildman–Crippen MR) is 125 cm³/mol. The number of anilines is 3. The molecule has 4 rings (SSSR count). The van der Waals surface area contributed by atoms with Crippen LogP contribution < -0.4 is 21.1 Å². The Hall–Kier alpha value is -4.05. The normalized spacial score (nSPS) is 13.5. The van der Waals surface area contributed by atoms with E-state index in [1.807, 2.05) is 34.9 Å². The lowest BCUT2D eigenvalue weighted by molar-refractivity contribution is -0.192. The van der Waals surface area contributed by atoms with Crippen molar-refractivity contribution in [3.05, 3.63) is 40.7 Å². The van der Waals surface area contributed by atoms with Gasteiger partial charge in [-0.25, -0.2) is 4.79 Å². The minimum atomic E-state index is -5.08. The Morgan fingerprint density at radius 1 is 1.20 bits per heavy atom. The number of aromatic nitrogens is 4. The SMILES string of the molecule is CC#CCn1c(N2CCNCC2)nc2nc(Nc3ccccc3)n(C)c(=O)c21.O=C(O)C(F)(F)F. The highest BCUT2D eigenvalue weighted by molar-refractivity contribution is 5.76. The number of carbonyl (C=O) groups is 1. The van der Waals surface area contributed by atoms with Crippen LogP contribution in [0.4, 0.5) is 30.8 Å². The molecule has 3 aromatic rings. The fourth-order valence-electron chi connectivity index (χ4n) is 3.32. The number of aliphatic carboxylic acids is 1. The number of carboxylic acid groups (broad SMARTS) is 1. The predicted octanol–water partition coefficient (Wildman–Crippen LogP) is 1.94. The van der Waals surface area contributed by atoms with E-state index in [2.05, 4.69) is 32.4 Å². The van der Waals surface area contributed by atoms with Crippen molar-refractivity contribution < 1.29 is 23.1 Å². The zero-order chi connectivity index (χ0) is 25.6. The highest BCUT2D eigenvalue weighted by Gasteiger charge is 2.38. The summed E-state index contributed by atoms with van der Waals surface area (Å²) in [6, 6.07) is 9.66. The van der Waals surface area contributed by atoms with E-state index >= 15 is 0 Å². The molecule has 186 valence electrons. The first-order valence-electron chi connectivity index (χ1n) is 10.6. The van der Waals surface area contributed by atoms with Crippen molar-refractivity contribution in [2.45, 2.75) is 19.6 Å². The van der Waals surface area contributed by atoms with Gasteiger partial charge in [-0.2, -0.15) is 23.1 Å². The molecular formula is C22H24F3N7O3. The molecule has 2 aromatic heterocycles. The summed E-state index contributed by atoms with van der Waals surface area (Å²) in [5.41, 5.74) is 1.64. The van der Waals surface area contributed by atoms with Crippen LogP contribution in [0.5, 0.6) is 0 Å². The Kier molecular flexibility index (Phi) is 7.98. The van der Waals surface area contributed by atoms with Gasteiger partial charge in [0.1, 0.15) is 0 Å². The highest BCUT2D eigenvalue weighted by atomic mass is 19.4. The Bertz CT molecular complexity index is 1300. The third kappa shape index (κ3) is 6.10. The van der Waals surface area contributed by atoms with Crippen LogP contribution in [0.2, 0.25) is 0 Å². The number of alkyl halides is 3. The lowest BCUT2D eigenvalue weighted by Gasteiger charge is -2.28. The molecule has 0 radical (unpaired) electrons. The summed E-state index contributed by atoms with van der Waals surface area (Å²) in [7, 11) is 1.72. The third-order valence-electron chi connectivity index (χ3n) is 5.05. The van der Waals surface area contributed by atoms with Crippen LogP contribution in [0.25, 0.3) is 11.2 Å². The van der Waals surface area contributed by atoms with Crippen LogP contribution in [0, 0.1) is 11.8 Å². The molecule has 1 fully saturated rings. The first-order chi connectivity index (χ1) is 16.6. The van der Waals surface area contributed by atoms with Gasteiger partial charge in [-0.15, -0.1) is 5.92 Å². The molecule has 0 atom stereocenters. The minimum Gasteiger partial charge on any atom is -0.475 e. The van der Waals surface area contributed by atoms with Crippen molar-refractivity contribution >= 4 is 34.7 Å². The van der Waals surface area contributed by atoms with Crippen molar-refractivity contribution in [2.75, 3.05) is 36.4 Å². The molecule has 3 N–H and O–H groups in total. The number of benzene rings is 1. The van der Waals surface area contributed by atoms with Crippen molar-refractivity contribution in [1.82, 2.24) is 24.4 Å². The third-order valence-corrected chi connectivity index (χ3v) is 5.05. The van der Waals surface area contributed by atoms with Gasteiger partial charge in [0.2, 0.25) is 11.9 Å². The van der Waals surface area contributed by atoms with E-state index < -0.39 is 12.1 Å². The smallest absolute Gasteiger partial charge is 0.475 e. The number of nitrogens with zero attached hydrogens (tertiary/aromatic N) is 5. The zero-order valence-corrected chi connectivity index (χ0v) is 19.1. The lowest BCUT2D eigenvalue weighted by Crippen LogP contribution is -2.44. The van der Waals surface area contributed by atoms with Crippen molar-refractivity contribution in [1.29, 1.82) is 0 Å². The van der Waals surface area contributed by atoms with E-state index in [1.165, 1.54) is 4.57 Å². The summed E-state index contributed by atoms with van der Waals surface area (Å²) in [6.45, 7) is 5.64. The largest absolute Gasteiger partial charge is 0.490 e. The standard InChI is InChI=1S/C20H23N7O.C2HF3O2/c1-3-4-12-27-16-17(24-20(27)26-13-10-21-11-14-26)23-19(25(2)18(16)28)22-15-8-6-5-7-9-15;3-2(4,5)1(6)7/h5-9,21H,10-14H2,1-2H3,(H,22,23);(H,6,7). The van der Waals surface area contributed by atoms with Gasteiger partial charge < -0.3 is 20.6 Å². The van der Waals surface area contributed by atoms with Gasteiger partial charge in [-0.3, -0.25) is 13.9 Å². The van der Waals surface area contributed by atoms with E-state index in [0.29, 0.717) is 23.7 Å². The Morgan fingerprint density at radius 2 is 1.83 bits per heavy atom. The zero-order valence-electron chi connectivity index (χ0n) is 19.1. The molecule has 1 aliphatic rings. The van der Waals surface area contributed by atoms with Crippen LogP contribution in [-0.4, -0.2) is 62.5 Å². The van der Waals surface area contributed by atoms with Crippen LogP contribution in [0.15, 0.2) is 35.1 Å². The second-order valence-electron chi connectivity index (χ2n) is 7.43. The van der Waals surface area contributed by atoms with Crippen LogP contribution in [0.1, 0.15) is 6.92 Å². The average Bonchev–Trinajstić information content (AvgIpc) is 3.20. The number of fused-ring (bicyclic) bond motifs is 1. The quantitative estimate of drug-likeness (QED) is 0.474. The molecule has 0 amide bonds. The number of hydrogen-bond acceptors (Lipinski definition) is 7. The van der Waals surface area contributed by atoms with Crippen molar-refractivity contribution in [3.63, 3.8) is 0 Å². The Labute approximate surface area is 198 Å². The molecule has 35 heavy (non-hydrogen) atoms. The monoisotopic (exact) mass is 491 g/mol. The van der Waals surface area contributed by atoms with Crippen LogP contribution in [0.3, 0.4) is 0 Å². The molecule has 0 aliphatic carbocycles. The van der Waals surface area contributed by atoms with Gasteiger partial charge in [0.25, 0.3) is 5.56 Å². The number of rotatable bonds is 4. The topological polar surface area (TPSA) is 117 Å². The molecule has 0 spiro atoms. The summed E-state index contributed by atoms with van der Waals surface area (Å²) in [5.74, 6) is 4.42. The van der Waals surface area contributed by atoms with Crippen LogP contribution in [-0.2, 0) is 18.4 Å². The average molecular weight is 491 g/mol. The van der Waals surface area contributed by atoms with Crippen molar-refractivity contribution in [3.8, 4) is 11.8 Å². The van der Waals surface area contributed by atoms with E-state index in [0.717, 1.165) is 37.8 Å². The number of halogens is 3. The number of para-hydroxylation sites is 1. The Balaban J connectivity index is 0.000000429. The van der Waals surface area contributed by atoms with Crippen LogP contribution >= 0.6 is 0 Å². The van der Waals surface area contributed by atoms with Crippen molar-refractivity contribution in [2.24, 2.45) is 7.05 Å². The molecule has 10 nitrogen and oxygen atoms in total. The number of nitrogens with one attached hydrogen (secondary N) is 2. The molecule has 0 saturated carbocycles. The molecule has 1 saturated heterocycles. The molecule has 3 heterocycles. The number of piperazine rings is 1. The molecule has 13 heteroatoms. The first kappa shape index (κ1) is 25.6. The fraction of sp³-hybridized carbons (Fsp3) is 0.364. The van der Waals surface area contributed by atoms with Gasteiger partial charge in [-0.1, -0.05) is 24.1 Å². The molecular weight excluding hydrogens is 467 g/mol. The van der Waals surface area contributed by atoms with E-state index in [9.17, 15) is 18.0 Å². The number of hydrogen-bond donors (Lipinski definition) is 3. The molecule has 0 bridgehead atoms. The maximum atomic E-state index is 13.2. The summed E-state index contributed by atoms with van der Waals surface area (Å²) in [4.78, 5) is 33.6. The van der Waals surface area contributed by atoms with Gasteiger partial charge in [-0.05, 0) is 19.1 Å². The highest BCUT2D eigenvalue weighted by Crippen LogP contribution is 2.22. The molecule has 1 aliphatic heterocycles. The number of carboxylic acids is 1. The Morgan fingerprint density at radius 3 is 2.40 bits per heavy atom. The van der Waals surface area contributed by atoms with E-state index in [1.54, 1.807) is 14.0 Å². The van der Waals surface area contributed by atoms with E-state index in [4.69, 9.17) is 14.9 Å². The van der Waals surface area contributed by atoms with E-state index in [-0.39, 0.29) is 5.56 Å². The van der Waals surface area contributed by atoms with Gasteiger partial charge in [0.15, 0.2) is 11.2 Å². The van der Waals surface area contributed by atoms with Gasteiger partial charge >= 0.3 is 12.1 Å². The minimum absolute atomic E-state index is 0.143. The first-order valence-corrected chi connectivity index (χ1v) is 10.6. The summed E-state index contributed by atoms with van der Waals surface area (Å²) >= 11 is 0. The second kappa shape index (κ2) is 10.9. The second-order valence-corrected chi connectivity index (χ2v) is 7.43. The fourth-order valence-corrected chi connectivity index (χ4v) is 3.32. The summed E-state index contributed by atoms with van der Waals surface area (Å²) in [5, 5.41) is 13.7. The summed E-state index contributed by atoms with van der Waals surface area (Å²) in [6.07, 6.45) is -5.08. The maximum Gasteiger partial charge on any atom is 0.490 e.